The van der Waals surface area contributed by atoms with Crippen LogP contribution in [0.25, 0.3) is 0 Å². The lowest BCUT2D eigenvalue weighted by Crippen LogP contribution is -2.34. The van der Waals surface area contributed by atoms with E-state index in [2.05, 4.69) is 18.3 Å². The molecule has 1 atom stereocenters. The van der Waals surface area contributed by atoms with Crippen LogP contribution in [0.2, 0.25) is 0 Å². The van der Waals surface area contributed by atoms with Gasteiger partial charge in [0.1, 0.15) is 0 Å². The third kappa shape index (κ3) is 6.37. The molecule has 1 aromatic carbocycles. The molecule has 5 heteroatoms. The molecular formula is C18H31NO4. The summed E-state index contributed by atoms with van der Waals surface area (Å²) in [5, 5.41) is 3.55. The van der Waals surface area contributed by atoms with Crippen molar-refractivity contribution >= 4 is 0 Å². The summed E-state index contributed by atoms with van der Waals surface area (Å²) in [6.07, 6.45) is 1.89. The van der Waals surface area contributed by atoms with Gasteiger partial charge in [0.25, 0.3) is 0 Å². The third-order valence-electron chi connectivity index (χ3n) is 3.62. The quantitative estimate of drug-likeness (QED) is 0.596. The fourth-order valence-electron chi connectivity index (χ4n) is 2.52. The van der Waals surface area contributed by atoms with Crippen LogP contribution in [0.5, 0.6) is 11.5 Å². The average Bonchev–Trinajstić information content (AvgIpc) is 2.58. The van der Waals surface area contributed by atoms with Gasteiger partial charge in [-0.15, -0.1) is 0 Å². The minimum absolute atomic E-state index is 0.218. The zero-order valence-corrected chi connectivity index (χ0v) is 15.1. The fraction of sp³-hybridized carbons (Fsp3) is 0.667. The molecule has 0 spiro atoms. The minimum Gasteiger partial charge on any atom is -0.493 e. The van der Waals surface area contributed by atoms with E-state index in [0.717, 1.165) is 24.3 Å². The van der Waals surface area contributed by atoms with Crippen molar-refractivity contribution in [2.45, 2.75) is 45.9 Å². The molecule has 0 bridgehead atoms. The van der Waals surface area contributed by atoms with E-state index < -0.39 is 0 Å². The summed E-state index contributed by atoms with van der Waals surface area (Å²) < 4.78 is 21.9. The zero-order valence-electron chi connectivity index (χ0n) is 15.1. The molecule has 0 heterocycles. The van der Waals surface area contributed by atoms with E-state index in [9.17, 15) is 0 Å². The topological polar surface area (TPSA) is 49.0 Å². The minimum atomic E-state index is -0.218. The first-order chi connectivity index (χ1) is 11.2. The first-order valence-corrected chi connectivity index (χ1v) is 8.38. The van der Waals surface area contributed by atoms with Gasteiger partial charge in [-0.3, -0.25) is 0 Å². The Balaban J connectivity index is 2.80. The summed E-state index contributed by atoms with van der Waals surface area (Å²) in [4.78, 5) is 0. The van der Waals surface area contributed by atoms with Gasteiger partial charge in [-0.2, -0.15) is 0 Å². The molecule has 23 heavy (non-hydrogen) atoms. The second kappa shape index (κ2) is 11.3. The molecular weight excluding hydrogens is 294 g/mol. The van der Waals surface area contributed by atoms with Crippen molar-refractivity contribution in [1.82, 2.24) is 5.32 Å². The Hall–Kier alpha value is -1.30. The Morgan fingerprint density at radius 3 is 2.13 bits per heavy atom. The third-order valence-corrected chi connectivity index (χ3v) is 3.62. The molecule has 0 saturated heterocycles. The summed E-state index contributed by atoms with van der Waals surface area (Å²) in [6, 6.07) is 6.28. The maximum Gasteiger partial charge on any atom is 0.169 e. The number of ether oxygens (including phenoxy) is 4. The molecule has 0 aromatic heterocycles. The lowest BCUT2D eigenvalue weighted by molar-refractivity contribution is -0.133. The van der Waals surface area contributed by atoms with E-state index in [1.807, 2.05) is 26.0 Å². The normalized spacial score (nSPS) is 12.4. The van der Waals surface area contributed by atoms with Crippen LogP contribution in [0, 0.1) is 0 Å². The van der Waals surface area contributed by atoms with Gasteiger partial charge >= 0.3 is 0 Å². The summed E-state index contributed by atoms with van der Waals surface area (Å²) in [6.45, 7) is 8.06. The Morgan fingerprint density at radius 2 is 1.61 bits per heavy atom. The van der Waals surface area contributed by atoms with Crippen LogP contribution >= 0.6 is 0 Å². The number of methoxy groups -OCH3 is 2. The van der Waals surface area contributed by atoms with Crippen molar-refractivity contribution in [3.63, 3.8) is 0 Å². The Bertz CT molecular complexity index is 433. The molecule has 0 aliphatic heterocycles. The van der Waals surface area contributed by atoms with Gasteiger partial charge in [-0.05, 0) is 38.0 Å². The van der Waals surface area contributed by atoms with Crippen molar-refractivity contribution in [3.05, 3.63) is 23.8 Å². The Kier molecular flexibility index (Phi) is 9.67. The predicted molar refractivity (Wildman–Crippen MR) is 92.2 cm³/mol. The van der Waals surface area contributed by atoms with E-state index in [-0.39, 0.29) is 12.3 Å². The number of nitrogens with one attached hydrogen (secondary N) is 1. The van der Waals surface area contributed by atoms with Crippen LogP contribution in [0.15, 0.2) is 18.2 Å². The van der Waals surface area contributed by atoms with Crippen molar-refractivity contribution < 1.29 is 18.9 Å². The molecule has 0 aliphatic rings. The monoisotopic (exact) mass is 325 g/mol. The maximum atomic E-state index is 5.60. The van der Waals surface area contributed by atoms with Gasteiger partial charge in [0.15, 0.2) is 17.8 Å². The molecule has 0 aliphatic carbocycles. The molecule has 5 nitrogen and oxygen atoms in total. The zero-order chi connectivity index (χ0) is 17.1. The SMILES string of the molecule is CCC[C@@H](NCC(OCC)OCC)c1ccc(OC)c(OC)c1. The van der Waals surface area contributed by atoms with Crippen LogP contribution in [0.3, 0.4) is 0 Å². The van der Waals surface area contributed by atoms with E-state index >= 15 is 0 Å². The number of benzene rings is 1. The van der Waals surface area contributed by atoms with Crippen molar-refractivity contribution in [2.24, 2.45) is 0 Å². The molecule has 1 N–H and O–H groups in total. The summed E-state index contributed by atoms with van der Waals surface area (Å²) in [5.74, 6) is 1.49. The summed E-state index contributed by atoms with van der Waals surface area (Å²) in [5.41, 5.74) is 1.18. The molecule has 132 valence electrons. The van der Waals surface area contributed by atoms with Crippen LogP contribution in [0.1, 0.15) is 45.2 Å². The van der Waals surface area contributed by atoms with Crippen LogP contribution in [-0.2, 0) is 9.47 Å². The van der Waals surface area contributed by atoms with Crippen LogP contribution in [0.4, 0.5) is 0 Å². The highest BCUT2D eigenvalue weighted by Crippen LogP contribution is 2.31. The Labute approximate surface area is 140 Å². The number of rotatable bonds is 12. The van der Waals surface area contributed by atoms with Crippen LogP contribution in [-0.4, -0.2) is 40.3 Å². The molecule has 0 amide bonds. The van der Waals surface area contributed by atoms with Gasteiger partial charge < -0.3 is 24.3 Å². The fourth-order valence-corrected chi connectivity index (χ4v) is 2.52. The lowest BCUT2D eigenvalue weighted by Gasteiger charge is -2.24. The molecule has 1 aromatic rings. The van der Waals surface area contributed by atoms with Gasteiger partial charge in [0.2, 0.25) is 0 Å². The van der Waals surface area contributed by atoms with Gasteiger partial charge in [0, 0.05) is 25.8 Å². The molecule has 0 saturated carbocycles. The van der Waals surface area contributed by atoms with Crippen molar-refractivity contribution in [3.8, 4) is 11.5 Å². The number of hydrogen-bond acceptors (Lipinski definition) is 5. The second-order valence-electron chi connectivity index (χ2n) is 5.20. The average molecular weight is 325 g/mol. The van der Waals surface area contributed by atoms with E-state index in [1.165, 1.54) is 5.56 Å². The van der Waals surface area contributed by atoms with Crippen molar-refractivity contribution in [1.29, 1.82) is 0 Å². The molecule has 0 fully saturated rings. The molecule has 0 radical (unpaired) electrons. The Morgan fingerprint density at radius 1 is 0.957 bits per heavy atom. The van der Waals surface area contributed by atoms with Crippen LogP contribution < -0.4 is 14.8 Å². The predicted octanol–water partition coefficient (Wildman–Crippen LogP) is 3.53. The van der Waals surface area contributed by atoms with E-state index in [4.69, 9.17) is 18.9 Å². The van der Waals surface area contributed by atoms with E-state index in [1.54, 1.807) is 14.2 Å². The highest BCUT2D eigenvalue weighted by Gasteiger charge is 2.16. The second-order valence-corrected chi connectivity index (χ2v) is 5.20. The standard InChI is InChI=1S/C18H31NO4/c1-6-9-15(19-13-18(22-7-2)23-8-3)14-10-11-16(20-4)17(12-14)21-5/h10-12,15,18-19H,6-9,13H2,1-5H3/t15-/m1/s1. The smallest absolute Gasteiger partial charge is 0.169 e. The van der Waals surface area contributed by atoms with Gasteiger partial charge in [-0.1, -0.05) is 19.4 Å². The molecule has 0 unspecified atom stereocenters. The highest BCUT2D eigenvalue weighted by atomic mass is 16.7. The number of hydrogen-bond donors (Lipinski definition) is 1. The first-order valence-electron chi connectivity index (χ1n) is 8.38. The van der Waals surface area contributed by atoms with E-state index in [0.29, 0.717) is 19.8 Å². The van der Waals surface area contributed by atoms with Gasteiger partial charge in [0.05, 0.1) is 14.2 Å². The molecule has 1 rings (SSSR count). The van der Waals surface area contributed by atoms with Crippen molar-refractivity contribution in [2.75, 3.05) is 34.0 Å². The first kappa shape index (κ1) is 19.7. The van der Waals surface area contributed by atoms with Gasteiger partial charge in [-0.25, -0.2) is 0 Å². The summed E-state index contributed by atoms with van der Waals surface area (Å²) >= 11 is 0. The lowest BCUT2D eigenvalue weighted by atomic mass is 10.0. The largest absolute Gasteiger partial charge is 0.493 e. The maximum absolute atomic E-state index is 5.60. The summed E-state index contributed by atoms with van der Waals surface area (Å²) in [7, 11) is 3.30. The highest BCUT2D eigenvalue weighted by molar-refractivity contribution is 5.43.